The molecule has 0 amide bonds. The van der Waals surface area contributed by atoms with Crippen LogP contribution < -0.4 is 0 Å². The molecule has 0 N–H and O–H groups in total. The van der Waals surface area contributed by atoms with Crippen LogP contribution in [-0.4, -0.2) is 11.6 Å². The Morgan fingerprint density at radius 1 is 1.07 bits per heavy atom. The predicted molar refractivity (Wildman–Crippen MR) is 107 cm³/mol. The summed E-state index contributed by atoms with van der Waals surface area (Å²) in [6.45, 7) is 11.7. The summed E-state index contributed by atoms with van der Waals surface area (Å²) in [5, 5.41) is 0. The third kappa shape index (κ3) is 1.92. The number of fused-ring (bicyclic) bond motifs is 2. The Labute approximate surface area is 162 Å². The fraction of sp³-hybridized carbons (Fsp3) is 0.600. The second kappa shape index (κ2) is 5.21. The van der Waals surface area contributed by atoms with Gasteiger partial charge < -0.3 is 0 Å². The lowest BCUT2D eigenvalue weighted by Gasteiger charge is -2.57. The van der Waals surface area contributed by atoms with Gasteiger partial charge in [0.2, 0.25) is 0 Å². The highest BCUT2D eigenvalue weighted by Gasteiger charge is 2.70. The molecular weight excluding hydrogens is 332 g/mol. The zero-order chi connectivity index (χ0) is 19.2. The number of allylic oxidation sites excluding steroid dienone is 1. The van der Waals surface area contributed by atoms with Crippen LogP contribution in [0.1, 0.15) is 80.0 Å². The number of benzene rings is 1. The SMILES string of the molecule is C=C1CCC2C3C1(C)CCC(C)C3(C)C[C@@]21CC(=O)c2ccccc2C1=O. The van der Waals surface area contributed by atoms with E-state index in [0.717, 1.165) is 19.3 Å². The molecule has 1 spiro atoms. The van der Waals surface area contributed by atoms with Crippen LogP contribution in [0.4, 0.5) is 0 Å². The van der Waals surface area contributed by atoms with Gasteiger partial charge in [-0.1, -0.05) is 57.2 Å². The van der Waals surface area contributed by atoms with Gasteiger partial charge in [-0.2, -0.15) is 0 Å². The number of rotatable bonds is 0. The van der Waals surface area contributed by atoms with E-state index in [2.05, 4.69) is 27.4 Å². The lowest BCUT2D eigenvalue weighted by Crippen LogP contribution is -2.51. The molecule has 3 saturated carbocycles. The molecule has 2 nitrogen and oxygen atoms in total. The molecule has 1 aromatic rings. The molecule has 3 fully saturated rings. The van der Waals surface area contributed by atoms with Gasteiger partial charge in [0.25, 0.3) is 0 Å². The minimum atomic E-state index is -0.495. The summed E-state index contributed by atoms with van der Waals surface area (Å²) in [6, 6.07) is 7.50. The fourth-order valence-electron chi connectivity index (χ4n) is 7.91. The van der Waals surface area contributed by atoms with Crippen LogP contribution in [0.2, 0.25) is 0 Å². The number of carbonyl (C=O) groups is 2. The Kier molecular flexibility index (Phi) is 3.36. The van der Waals surface area contributed by atoms with Gasteiger partial charge in [-0.05, 0) is 60.7 Å². The van der Waals surface area contributed by atoms with E-state index in [1.807, 2.05) is 24.3 Å². The lowest BCUT2D eigenvalue weighted by molar-refractivity contribution is -0.0448. The normalized spacial score (nSPS) is 45.7. The molecular formula is C25H30O2. The maximum Gasteiger partial charge on any atom is 0.170 e. The van der Waals surface area contributed by atoms with Crippen molar-refractivity contribution >= 4 is 11.6 Å². The largest absolute Gasteiger partial charge is 0.294 e. The smallest absolute Gasteiger partial charge is 0.170 e. The highest BCUT2D eigenvalue weighted by Crippen LogP contribution is 2.75. The molecule has 142 valence electrons. The van der Waals surface area contributed by atoms with E-state index in [1.54, 1.807) is 0 Å². The third-order valence-corrected chi connectivity index (χ3v) is 9.39. The van der Waals surface area contributed by atoms with Gasteiger partial charge in [-0.25, -0.2) is 0 Å². The van der Waals surface area contributed by atoms with Crippen molar-refractivity contribution in [2.45, 2.75) is 59.3 Å². The molecule has 0 aliphatic heterocycles. The van der Waals surface area contributed by atoms with E-state index in [0.29, 0.717) is 35.3 Å². The van der Waals surface area contributed by atoms with Gasteiger partial charge in [0.1, 0.15) is 0 Å². The van der Waals surface area contributed by atoms with Gasteiger partial charge in [0, 0.05) is 23.0 Å². The Bertz CT molecular complexity index is 882. The van der Waals surface area contributed by atoms with Crippen molar-refractivity contribution in [3.05, 3.63) is 47.5 Å². The third-order valence-electron chi connectivity index (χ3n) is 9.39. The first-order valence-electron chi connectivity index (χ1n) is 10.6. The van der Waals surface area contributed by atoms with Crippen molar-refractivity contribution in [3.8, 4) is 0 Å². The quantitative estimate of drug-likeness (QED) is 0.541. The first-order chi connectivity index (χ1) is 12.7. The maximum atomic E-state index is 13.9. The minimum Gasteiger partial charge on any atom is -0.294 e. The van der Waals surface area contributed by atoms with Crippen LogP contribution in [0.15, 0.2) is 36.4 Å². The van der Waals surface area contributed by atoms with Crippen molar-refractivity contribution < 1.29 is 9.59 Å². The van der Waals surface area contributed by atoms with E-state index < -0.39 is 5.41 Å². The van der Waals surface area contributed by atoms with Crippen molar-refractivity contribution in [2.75, 3.05) is 0 Å². The molecule has 0 heterocycles. The van der Waals surface area contributed by atoms with Crippen molar-refractivity contribution in [2.24, 2.45) is 34.0 Å². The van der Waals surface area contributed by atoms with E-state index in [1.165, 1.54) is 18.4 Å². The molecule has 0 saturated heterocycles. The van der Waals surface area contributed by atoms with Crippen LogP contribution in [0.3, 0.4) is 0 Å². The molecule has 0 bridgehead atoms. The maximum absolute atomic E-state index is 13.9. The van der Waals surface area contributed by atoms with E-state index in [4.69, 9.17) is 0 Å². The minimum absolute atomic E-state index is 0.114. The Hall–Kier alpha value is -1.70. The summed E-state index contributed by atoms with van der Waals surface area (Å²) in [5.74, 6) is 1.79. The average molecular weight is 363 g/mol. The standard InChI is InChI=1S/C25H30O2/c1-15-9-10-19-21-23(15,3)12-11-16(2)24(21,4)14-25(19)13-20(26)17-7-5-6-8-18(17)22(25)27/h5-8,16,19,21H,1,9-14H2,2-4H3/t16?,19?,21?,23?,24?,25-/m0/s1. The molecule has 5 rings (SSSR count). The summed E-state index contributed by atoms with van der Waals surface area (Å²) in [6.07, 6.45) is 5.69. The Balaban J connectivity index is 1.71. The van der Waals surface area contributed by atoms with Gasteiger partial charge >= 0.3 is 0 Å². The van der Waals surface area contributed by atoms with Crippen molar-refractivity contribution in [1.29, 1.82) is 0 Å². The van der Waals surface area contributed by atoms with Gasteiger partial charge in [-0.3, -0.25) is 9.59 Å². The molecule has 6 atom stereocenters. The summed E-state index contributed by atoms with van der Waals surface area (Å²) in [5.41, 5.74) is 2.44. The Morgan fingerprint density at radius 3 is 2.52 bits per heavy atom. The van der Waals surface area contributed by atoms with Gasteiger partial charge in [0.05, 0.1) is 0 Å². The van der Waals surface area contributed by atoms with E-state index in [-0.39, 0.29) is 22.4 Å². The van der Waals surface area contributed by atoms with E-state index in [9.17, 15) is 9.59 Å². The number of hydrogen-bond donors (Lipinski definition) is 0. The number of hydrogen-bond acceptors (Lipinski definition) is 2. The van der Waals surface area contributed by atoms with Crippen molar-refractivity contribution in [1.82, 2.24) is 0 Å². The monoisotopic (exact) mass is 362 g/mol. The predicted octanol–water partition coefficient (Wildman–Crippen LogP) is 5.87. The molecule has 5 unspecified atom stereocenters. The lowest BCUT2D eigenvalue weighted by atomic mass is 9.47. The van der Waals surface area contributed by atoms with Gasteiger partial charge in [0.15, 0.2) is 11.6 Å². The molecule has 2 heteroatoms. The summed E-state index contributed by atoms with van der Waals surface area (Å²) in [7, 11) is 0. The number of Topliss-reactive ketones (excluding diaryl/α,β-unsaturated/α-hetero) is 2. The second-order valence-electron chi connectivity index (χ2n) is 10.4. The van der Waals surface area contributed by atoms with Crippen molar-refractivity contribution in [3.63, 3.8) is 0 Å². The summed E-state index contributed by atoms with van der Waals surface area (Å²) < 4.78 is 0. The molecule has 1 aromatic carbocycles. The van der Waals surface area contributed by atoms with E-state index >= 15 is 0 Å². The topological polar surface area (TPSA) is 34.1 Å². The van der Waals surface area contributed by atoms with Gasteiger partial charge in [-0.15, -0.1) is 0 Å². The average Bonchev–Trinajstić information content (AvgIpc) is 2.92. The molecule has 0 radical (unpaired) electrons. The van der Waals surface area contributed by atoms with Crippen LogP contribution in [0.25, 0.3) is 0 Å². The van der Waals surface area contributed by atoms with Crippen LogP contribution in [-0.2, 0) is 0 Å². The zero-order valence-corrected chi connectivity index (χ0v) is 16.8. The molecule has 0 aromatic heterocycles. The molecule has 4 aliphatic carbocycles. The van der Waals surface area contributed by atoms with Crippen LogP contribution in [0, 0.1) is 34.0 Å². The fourth-order valence-corrected chi connectivity index (χ4v) is 7.91. The Morgan fingerprint density at radius 2 is 1.78 bits per heavy atom. The first kappa shape index (κ1) is 17.4. The first-order valence-corrected chi connectivity index (χ1v) is 10.6. The molecule has 4 aliphatic rings. The zero-order valence-electron chi connectivity index (χ0n) is 16.8. The van der Waals surface area contributed by atoms with Crippen LogP contribution in [0.5, 0.6) is 0 Å². The summed E-state index contributed by atoms with van der Waals surface area (Å²) in [4.78, 5) is 27.0. The molecule has 27 heavy (non-hydrogen) atoms. The number of ketones is 2. The summed E-state index contributed by atoms with van der Waals surface area (Å²) >= 11 is 0. The second-order valence-corrected chi connectivity index (χ2v) is 10.4. The highest BCUT2D eigenvalue weighted by atomic mass is 16.1. The number of carbonyl (C=O) groups excluding carboxylic acids is 2. The van der Waals surface area contributed by atoms with Crippen LogP contribution >= 0.6 is 0 Å². The highest BCUT2D eigenvalue weighted by molar-refractivity contribution is 6.16.